The molecule has 0 radical (unpaired) electrons. The minimum atomic E-state index is -0.663. The molecule has 10 heteroatoms. The molecular weight excluding hydrogens is 567 g/mol. The van der Waals surface area contributed by atoms with Crippen molar-refractivity contribution in [3.63, 3.8) is 0 Å². The zero-order valence-corrected chi connectivity index (χ0v) is 25.0. The first kappa shape index (κ1) is 30.2. The second-order valence-corrected chi connectivity index (χ2v) is 10.8. The normalized spacial score (nSPS) is 15.4. The van der Waals surface area contributed by atoms with E-state index in [-0.39, 0.29) is 70.1 Å². The highest BCUT2D eigenvalue weighted by molar-refractivity contribution is 8.93. The molecule has 4 rings (SSSR count). The number of anilines is 1. The smallest absolute Gasteiger partial charge is 0.197 e. The van der Waals surface area contributed by atoms with Gasteiger partial charge in [0, 0.05) is 36.7 Å². The molecule has 0 aliphatic carbocycles. The fourth-order valence-corrected chi connectivity index (χ4v) is 5.25. The zero-order chi connectivity index (χ0) is 27.8. The third-order valence-electron chi connectivity index (χ3n) is 7.36. The van der Waals surface area contributed by atoms with E-state index in [1.165, 1.54) is 14.2 Å². The van der Waals surface area contributed by atoms with E-state index in [4.69, 9.17) is 19.6 Å². The predicted molar refractivity (Wildman–Crippen MR) is 154 cm³/mol. The number of nitrogens with zero attached hydrogens (tertiary/aromatic N) is 3. The van der Waals surface area contributed by atoms with Crippen molar-refractivity contribution in [3.05, 3.63) is 46.3 Å². The van der Waals surface area contributed by atoms with Gasteiger partial charge in [0.25, 0.3) is 0 Å². The van der Waals surface area contributed by atoms with Gasteiger partial charge < -0.3 is 24.0 Å². The topological polar surface area (TPSA) is 98.9 Å². The summed E-state index contributed by atoms with van der Waals surface area (Å²) in [5, 5.41) is 17.9. The van der Waals surface area contributed by atoms with Gasteiger partial charge in [-0.1, -0.05) is 20.8 Å². The predicted octanol–water partition coefficient (Wildman–Crippen LogP) is 5.49. The van der Waals surface area contributed by atoms with Crippen molar-refractivity contribution in [2.24, 2.45) is 5.92 Å². The molecule has 0 amide bonds. The fraction of sp³-hybridized carbons (Fsp3) is 0.483. The average Bonchev–Trinajstić information content (AvgIpc) is 3.21. The van der Waals surface area contributed by atoms with Crippen molar-refractivity contribution in [3.8, 4) is 23.3 Å². The number of carbonyl (C=O) groups is 1. The third kappa shape index (κ3) is 5.69. The van der Waals surface area contributed by atoms with Crippen LogP contribution in [0.2, 0.25) is 0 Å². The van der Waals surface area contributed by atoms with Crippen LogP contribution in [0.25, 0.3) is 0 Å². The Balaban J connectivity index is 0.00000420. The van der Waals surface area contributed by atoms with Gasteiger partial charge >= 0.3 is 0 Å². The van der Waals surface area contributed by atoms with E-state index in [1.54, 1.807) is 18.1 Å². The van der Waals surface area contributed by atoms with Crippen LogP contribution in [0.3, 0.4) is 0 Å². The monoisotopic (exact) mass is 602 g/mol. The lowest BCUT2D eigenvalue weighted by molar-refractivity contribution is 0.0962. The first-order valence-electron chi connectivity index (χ1n) is 12.7. The number of Topliss-reactive ketones (excluding diaryl/α,β-unsaturated/α-hetero) is 1. The van der Waals surface area contributed by atoms with Crippen LogP contribution in [0.4, 0.5) is 10.1 Å². The number of rotatable bonds is 7. The molecule has 1 fully saturated rings. The molecule has 0 spiro atoms. The Bertz CT molecular complexity index is 1310. The number of hydrogen-bond donors (Lipinski definition) is 1. The van der Waals surface area contributed by atoms with E-state index in [2.05, 4.69) is 31.7 Å². The number of methoxy groups -OCH3 is 3. The molecule has 0 atom stereocenters. The molecule has 39 heavy (non-hydrogen) atoms. The Morgan fingerprint density at radius 3 is 2.28 bits per heavy atom. The molecule has 2 heterocycles. The average molecular weight is 604 g/mol. The second kappa shape index (κ2) is 11.8. The molecule has 0 aromatic heterocycles. The second-order valence-electron chi connectivity index (χ2n) is 10.8. The van der Waals surface area contributed by atoms with Gasteiger partial charge in [-0.2, -0.15) is 5.26 Å². The number of ether oxygens (including phenoxy) is 3. The minimum Gasteiger partial charge on any atom is -0.494 e. The maximum atomic E-state index is 15.2. The van der Waals surface area contributed by atoms with Crippen molar-refractivity contribution in [1.82, 2.24) is 4.90 Å². The number of nitrogens with one attached hydrogen (secondary N) is 1. The number of ketones is 1. The quantitative estimate of drug-likeness (QED) is 0.418. The van der Waals surface area contributed by atoms with Crippen LogP contribution >= 0.6 is 17.0 Å². The minimum absolute atomic E-state index is 0. The van der Waals surface area contributed by atoms with Crippen molar-refractivity contribution in [2.75, 3.05) is 45.9 Å². The summed E-state index contributed by atoms with van der Waals surface area (Å²) in [6.07, 6.45) is 1.51. The summed E-state index contributed by atoms with van der Waals surface area (Å²) in [5.41, 5.74) is 2.65. The third-order valence-corrected chi connectivity index (χ3v) is 7.36. The lowest BCUT2D eigenvalue weighted by atomic mass is 9.84. The largest absolute Gasteiger partial charge is 0.494 e. The van der Waals surface area contributed by atoms with Crippen molar-refractivity contribution in [2.45, 2.75) is 45.6 Å². The molecular formula is C29H36BrFN4O4. The van der Waals surface area contributed by atoms with Crippen LogP contribution in [0.1, 0.15) is 60.7 Å². The molecule has 1 saturated heterocycles. The van der Waals surface area contributed by atoms with Gasteiger partial charge in [0.15, 0.2) is 23.1 Å². The number of carbonyl (C=O) groups excluding carboxylic acids is 1. The summed E-state index contributed by atoms with van der Waals surface area (Å²) in [4.78, 5) is 17.4. The van der Waals surface area contributed by atoms with Crippen LogP contribution in [-0.4, -0.2) is 57.5 Å². The van der Waals surface area contributed by atoms with E-state index in [1.807, 2.05) is 12.1 Å². The summed E-state index contributed by atoms with van der Waals surface area (Å²) in [6.45, 7) is 7.75. The molecule has 8 nitrogen and oxygen atoms in total. The van der Waals surface area contributed by atoms with Gasteiger partial charge in [-0.3, -0.25) is 10.2 Å². The van der Waals surface area contributed by atoms with E-state index < -0.39 is 5.82 Å². The Labute approximate surface area is 239 Å². The maximum absolute atomic E-state index is 15.2. The van der Waals surface area contributed by atoms with E-state index in [0.29, 0.717) is 24.2 Å². The highest BCUT2D eigenvalue weighted by Crippen LogP contribution is 2.42. The van der Waals surface area contributed by atoms with Crippen molar-refractivity contribution in [1.29, 1.82) is 10.7 Å². The molecule has 2 aliphatic heterocycles. The molecule has 2 aromatic rings. The number of fused-ring (bicyclic) bond motifs is 1. The summed E-state index contributed by atoms with van der Waals surface area (Å²) in [7, 11) is 4.42. The fourth-order valence-electron chi connectivity index (χ4n) is 5.25. The van der Waals surface area contributed by atoms with Crippen LogP contribution in [0, 0.1) is 28.5 Å². The van der Waals surface area contributed by atoms with E-state index in [0.717, 1.165) is 29.8 Å². The van der Waals surface area contributed by atoms with Crippen LogP contribution in [0.15, 0.2) is 18.2 Å². The molecule has 1 N–H and O–H groups in total. The number of piperidine rings is 1. The number of benzene rings is 2. The number of halogens is 2. The van der Waals surface area contributed by atoms with E-state index in [9.17, 15) is 10.1 Å². The van der Waals surface area contributed by atoms with Gasteiger partial charge in [-0.15, -0.1) is 17.0 Å². The van der Waals surface area contributed by atoms with Crippen LogP contribution in [0.5, 0.6) is 17.2 Å². The number of amidine groups is 1. The SMILES string of the molecule is Br.COc1cc2c(c(F)c1OC)C(=N)N(CC(=O)c1cc(N3CCC(C#N)CC3)c(OC)c(C(C)(C)C)c1)C2. The van der Waals surface area contributed by atoms with Gasteiger partial charge in [0.05, 0.1) is 45.2 Å². The lowest BCUT2D eigenvalue weighted by Gasteiger charge is -2.34. The van der Waals surface area contributed by atoms with Crippen molar-refractivity contribution < 1.29 is 23.4 Å². The Morgan fingerprint density at radius 2 is 1.74 bits per heavy atom. The van der Waals surface area contributed by atoms with Crippen LogP contribution < -0.4 is 19.1 Å². The summed E-state index contributed by atoms with van der Waals surface area (Å²) < 4.78 is 31.5. The van der Waals surface area contributed by atoms with Crippen molar-refractivity contribution >= 4 is 34.3 Å². The zero-order valence-electron chi connectivity index (χ0n) is 23.3. The molecule has 0 bridgehead atoms. The standard InChI is InChI=1S/C29H35FN4O4.BrH/c1-29(2,3)20-11-18(12-21(26(20)37-5)33-9-7-17(14-31)8-10-33)22(35)16-34-15-19-13-23(36-4)27(38-6)25(30)24(19)28(34)32;/h11-13,17,32H,7-10,15-16H2,1-6H3;1H. The van der Waals surface area contributed by atoms with E-state index >= 15 is 4.39 Å². The number of hydrogen-bond acceptors (Lipinski definition) is 7. The Kier molecular flexibility index (Phi) is 9.16. The Hall–Kier alpha value is -3.32. The summed E-state index contributed by atoms with van der Waals surface area (Å²) in [5.74, 6) is 0.0535. The van der Waals surface area contributed by atoms with Gasteiger partial charge in [0.2, 0.25) is 0 Å². The highest BCUT2D eigenvalue weighted by atomic mass is 79.9. The number of nitriles is 1. The summed E-state index contributed by atoms with van der Waals surface area (Å²) in [6, 6.07) is 7.73. The molecule has 2 aromatic carbocycles. The molecule has 210 valence electrons. The molecule has 0 unspecified atom stereocenters. The lowest BCUT2D eigenvalue weighted by Crippen LogP contribution is -2.34. The molecule has 0 saturated carbocycles. The summed E-state index contributed by atoms with van der Waals surface area (Å²) >= 11 is 0. The first-order valence-corrected chi connectivity index (χ1v) is 12.7. The maximum Gasteiger partial charge on any atom is 0.197 e. The Morgan fingerprint density at radius 1 is 1.10 bits per heavy atom. The molecule has 2 aliphatic rings. The van der Waals surface area contributed by atoms with Crippen LogP contribution in [-0.2, 0) is 12.0 Å². The van der Waals surface area contributed by atoms with Gasteiger partial charge in [-0.25, -0.2) is 4.39 Å². The highest BCUT2D eigenvalue weighted by Gasteiger charge is 2.34. The van der Waals surface area contributed by atoms with Gasteiger partial charge in [0.1, 0.15) is 11.6 Å². The first-order chi connectivity index (χ1) is 18.0. The van der Waals surface area contributed by atoms with Gasteiger partial charge in [-0.05, 0) is 42.0 Å².